The molecule has 2 rings (SSSR count). The molecule has 20 heavy (non-hydrogen) atoms. The van der Waals surface area contributed by atoms with Gasteiger partial charge in [0.25, 0.3) is 0 Å². The molecule has 0 fully saturated rings. The fourth-order valence-corrected chi connectivity index (χ4v) is 3.06. The molecule has 1 unspecified atom stereocenters. The van der Waals surface area contributed by atoms with Crippen molar-refractivity contribution in [1.29, 1.82) is 0 Å². The summed E-state index contributed by atoms with van der Waals surface area (Å²) < 4.78 is 0. The Bertz CT molecular complexity index is 400. The van der Waals surface area contributed by atoms with Crippen LogP contribution in [0.3, 0.4) is 0 Å². The van der Waals surface area contributed by atoms with Crippen molar-refractivity contribution < 1.29 is 0 Å². The number of hydrogen-bond donors (Lipinski definition) is 1. The number of benzene rings is 1. The number of unbranched alkanes of at least 4 members (excludes halogenated alkanes) is 2. The van der Waals surface area contributed by atoms with E-state index >= 15 is 0 Å². The molecular weight excluding hydrogens is 244 g/mol. The molecule has 1 aliphatic rings. The number of rotatable bonds is 7. The SMILES string of the molecule is CCCCCN(CC1Cc2ccccc2CN1)C(C)C. The van der Waals surface area contributed by atoms with Crippen LogP contribution in [0.4, 0.5) is 0 Å². The smallest absolute Gasteiger partial charge is 0.0238 e. The van der Waals surface area contributed by atoms with Crippen molar-refractivity contribution in [3.8, 4) is 0 Å². The minimum Gasteiger partial charge on any atom is -0.308 e. The van der Waals surface area contributed by atoms with Crippen LogP contribution in [-0.2, 0) is 13.0 Å². The van der Waals surface area contributed by atoms with E-state index in [1.54, 1.807) is 0 Å². The van der Waals surface area contributed by atoms with Crippen molar-refractivity contribution in [2.45, 2.75) is 65.1 Å². The Kier molecular flexibility index (Phi) is 6.06. The van der Waals surface area contributed by atoms with E-state index in [9.17, 15) is 0 Å². The Morgan fingerprint density at radius 2 is 1.95 bits per heavy atom. The second-order valence-corrected chi connectivity index (χ2v) is 6.35. The molecule has 2 heteroatoms. The van der Waals surface area contributed by atoms with Crippen LogP contribution in [0.1, 0.15) is 51.2 Å². The normalized spacial score (nSPS) is 18.6. The highest BCUT2D eigenvalue weighted by atomic mass is 15.2. The van der Waals surface area contributed by atoms with Gasteiger partial charge in [-0.05, 0) is 44.4 Å². The van der Waals surface area contributed by atoms with Crippen molar-refractivity contribution in [2.75, 3.05) is 13.1 Å². The van der Waals surface area contributed by atoms with Gasteiger partial charge >= 0.3 is 0 Å². The first-order chi connectivity index (χ1) is 9.70. The zero-order valence-corrected chi connectivity index (χ0v) is 13.4. The summed E-state index contributed by atoms with van der Waals surface area (Å²) in [6, 6.07) is 10.1. The Morgan fingerprint density at radius 3 is 2.65 bits per heavy atom. The zero-order chi connectivity index (χ0) is 14.4. The van der Waals surface area contributed by atoms with Crippen molar-refractivity contribution in [1.82, 2.24) is 10.2 Å². The van der Waals surface area contributed by atoms with E-state index < -0.39 is 0 Å². The van der Waals surface area contributed by atoms with E-state index in [1.807, 2.05) is 0 Å². The minimum atomic E-state index is 0.605. The molecular formula is C18H30N2. The zero-order valence-electron chi connectivity index (χ0n) is 13.4. The van der Waals surface area contributed by atoms with Crippen LogP contribution in [0.5, 0.6) is 0 Å². The average Bonchev–Trinajstić information content (AvgIpc) is 2.46. The van der Waals surface area contributed by atoms with Gasteiger partial charge in [0.05, 0.1) is 0 Å². The maximum atomic E-state index is 3.71. The average molecular weight is 274 g/mol. The summed E-state index contributed by atoms with van der Waals surface area (Å²) in [7, 11) is 0. The van der Waals surface area contributed by atoms with Gasteiger partial charge in [-0.25, -0.2) is 0 Å². The predicted molar refractivity (Wildman–Crippen MR) is 87.0 cm³/mol. The van der Waals surface area contributed by atoms with Gasteiger partial charge in [-0.3, -0.25) is 4.90 Å². The Balaban J connectivity index is 1.88. The molecule has 1 heterocycles. The maximum absolute atomic E-state index is 3.71. The molecule has 0 bridgehead atoms. The second-order valence-electron chi connectivity index (χ2n) is 6.35. The lowest BCUT2D eigenvalue weighted by Crippen LogP contribution is -2.47. The number of fused-ring (bicyclic) bond motifs is 1. The lowest BCUT2D eigenvalue weighted by molar-refractivity contribution is 0.189. The molecule has 1 N–H and O–H groups in total. The van der Waals surface area contributed by atoms with Gasteiger partial charge in [0.2, 0.25) is 0 Å². The van der Waals surface area contributed by atoms with Crippen LogP contribution in [0.15, 0.2) is 24.3 Å². The van der Waals surface area contributed by atoms with Gasteiger partial charge in [0.15, 0.2) is 0 Å². The highest BCUT2D eigenvalue weighted by Gasteiger charge is 2.21. The van der Waals surface area contributed by atoms with Crippen LogP contribution in [0.25, 0.3) is 0 Å². The quantitative estimate of drug-likeness (QED) is 0.764. The van der Waals surface area contributed by atoms with E-state index in [2.05, 4.69) is 55.3 Å². The third-order valence-corrected chi connectivity index (χ3v) is 4.40. The molecule has 1 aromatic carbocycles. The van der Waals surface area contributed by atoms with Gasteiger partial charge in [0, 0.05) is 25.2 Å². The summed E-state index contributed by atoms with van der Waals surface area (Å²) in [6.45, 7) is 10.4. The van der Waals surface area contributed by atoms with Gasteiger partial charge in [-0.2, -0.15) is 0 Å². The Labute approximate surface area is 124 Å². The van der Waals surface area contributed by atoms with Gasteiger partial charge in [-0.1, -0.05) is 44.0 Å². The number of hydrogen-bond acceptors (Lipinski definition) is 2. The van der Waals surface area contributed by atoms with Crippen LogP contribution < -0.4 is 5.32 Å². The van der Waals surface area contributed by atoms with Crippen molar-refractivity contribution in [2.24, 2.45) is 0 Å². The highest BCUT2D eigenvalue weighted by Crippen LogP contribution is 2.17. The Morgan fingerprint density at radius 1 is 1.20 bits per heavy atom. The molecule has 0 amide bonds. The van der Waals surface area contributed by atoms with Crippen LogP contribution in [-0.4, -0.2) is 30.1 Å². The fraction of sp³-hybridized carbons (Fsp3) is 0.667. The molecule has 112 valence electrons. The summed E-state index contributed by atoms with van der Waals surface area (Å²) in [6.07, 6.45) is 5.16. The second kappa shape index (κ2) is 7.80. The summed E-state index contributed by atoms with van der Waals surface area (Å²) in [5.41, 5.74) is 3.01. The lowest BCUT2D eigenvalue weighted by Gasteiger charge is -2.34. The van der Waals surface area contributed by atoms with E-state index in [4.69, 9.17) is 0 Å². The molecule has 0 saturated carbocycles. The number of nitrogens with zero attached hydrogens (tertiary/aromatic N) is 1. The molecule has 0 spiro atoms. The fourth-order valence-electron chi connectivity index (χ4n) is 3.06. The van der Waals surface area contributed by atoms with Crippen LogP contribution in [0, 0.1) is 0 Å². The third kappa shape index (κ3) is 4.32. The lowest BCUT2D eigenvalue weighted by atomic mass is 9.95. The van der Waals surface area contributed by atoms with Crippen molar-refractivity contribution in [3.63, 3.8) is 0 Å². The summed E-state index contributed by atoms with van der Waals surface area (Å²) in [4.78, 5) is 2.64. The van der Waals surface area contributed by atoms with Crippen LogP contribution in [0.2, 0.25) is 0 Å². The molecule has 0 saturated heterocycles. The van der Waals surface area contributed by atoms with Crippen molar-refractivity contribution in [3.05, 3.63) is 35.4 Å². The largest absolute Gasteiger partial charge is 0.308 e. The van der Waals surface area contributed by atoms with Crippen molar-refractivity contribution >= 4 is 0 Å². The summed E-state index contributed by atoms with van der Waals surface area (Å²) in [5.74, 6) is 0. The molecule has 0 radical (unpaired) electrons. The standard InChI is InChI=1S/C18H30N2/c1-4-5-8-11-20(15(2)3)14-18-12-16-9-6-7-10-17(16)13-19-18/h6-7,9-10,15,18-19H,4-5,8,11-14H2,1-3H3. The van der Waals surface area contributed by atoms with E-state index in [1.165, 1.54) is 49.9 Å². The summed E-state index contributed by atoms with van der Waals surface area (Å²) in [5, 5.41) is 3.71. The van der Waals surface area contributed by atoms with Gasteiger partial charge in [0.1, 0.15) is 0 Å². The molecule has 1 atom stereocenters. The first-order valence-electron chi connectivity index (χ1n) is 8.25. The first kappa shape index (κ1) is 15.5. The molecule has 0 aliphatic carbocycles. The summed E-state index contributed by atoms with van der Waals surface area (Å²) >= 11 is 0. The molecule has 0 aromatic heterocycles. The molecule has 2 nitrogen and oxygen atoms in total. The highest BCUT2D eigenvalue weighted by molar-refractivity contribution is 5.29. The number of nitrogens with one attached hydrogen (secondary N) is 1. The topological polar surface area (TPSA) is 15.3 Å². The van der Waals surface area contributed by atoms with E-state index in [0.717, 1.165) is 6.54 Å². The molecule has 1 aromatic rings. The van der Waals surface area contributed by atoms with Gasteiger partial charge in [-0.15, -0.1) is 0 Å². The minimum absolute atomic E-state index is 0.605. The van der Waals surface area contributed by atoms with E-state index in [0.29, 0.717) is 12.1 Å². The van der Waals surface area contributed by atoms with Gasteiger partial charge < -0.3 is 5.32 Å². The van der Waals surface area contributed by atoms with E-state index in [-0.39, 0.29) is 0 Å². The third-order valence-electron chi connectivity index (χ3n) is 4.40. The predicted octanol–water partition coefficient (Wildman–Crippen LogP) is 3.60. The molecule has 1 aliphatic heterocycles. The van der Waals surface area contributed by atoms with Crippen LogP contribution >= 0.6 is 0 Å². The first-order valence-corrected chi connectivity index (χ1v) is 8.25. The monoisotopic (exact) mass is 274 g/mol. The maximum Gasteiger partial charge on any atom is 0.0238 e. The Hall–Kier alpha value is -0.860.